The van der Waals surface area contributed by atoms with Gasteiger partial charge >= 0.3 is 5.97 Å². The highest BCUT2D eigenvalue weighted by Crippen LogP contribution is 2.21. The van der Waals surface area contributed by atoms with Crippen LogP contribution in [0.15, 0.2) is 0 Å². The zero-order chi connectivity index (χ0) is 12.4. The Labute approximate surface area is 97.9 Å². The van der Waals surface area contributed by atoms with Crippen LogP contribution in [0.2, 0.25) is 0 Å². The number of hydrogen-bond acceptors (Lipinski definition) is 4. The summed E-state index contributed by atoms with van der Waals surface area (Å²) in [5.74, 6) is -0.165. The molecule has 1 saturated heterocycles. The van der Waals surface area contributed by atoms with E-state index in [4.69, 9.17) is 9.47 Å². The van der Waals surface area contributed by atoms with Gasteiger partial charge in [-0.2, -0.15) is 0 Å². The van der Waals surface area contributed by atoms with Crippen LogP contribution in [0.5, 0.6) is 0 Å². The van der Waals surface area contributed by atoms with Gasteiger partial charge in [0.05, 0.1) is 13.2 Å². The van der Waals surface area contributed by atoms with E-state index in [-0.39, 0.29) is 5.97 Å². The smallest absolute Gasteiger partial charge is 0.326 e. The Bertz CT molecular complexity index is 249. The predicted molar refractivity (Wildman–Crippen MR) is 62.3 cm³/mol. The first-order chi connectivity index (χ1) is 7.23. The largest absolute Gasteiger partial charge is 0.459 e. The number of esters is 1. The van der Waals surface area contributed by atoms with Crippen molar-refractivity contribution < 1.29 is 14.3 Å². The van der Waals surface area contributed by atoms with E-state index in [2.05, 4.69) is 4.90 Å². The van der Waals surface area contributed by atoms with Crippen molar-refractivity contribution in [2.45, 2.75) is 45.8 Å². The van der Waals surface area contributed by atoms with Crippen LogP contribution >= 0.6 is 0 Å². The fourth-order valence-electron chi connectivity index (χ4n) is 1.65. The molecule has 1 aliphatic rings. The van der Waals surface area contributed by atoms with E-state index in [0.29, 0.717) is 13.2 Å². The molecule has 0 saturated carbocycles. The van der Waals surface area contributed by atoms with E-state index in [9.17, 15) is 4.79 Å². The summed E-state index contributed by atoms with van der Waals surface area (Å²) in [6.07, 6.45) is 0. The lowest BCUT2D eigenvalue weighted by Crippen LogP contribution is -2.56. The van der Waals surface area contributed by atoms with Gasteiger partial charge in [0.1, 0.15) is 11.1 Å². The standard InChI is InChI=1S/C12H23NO3/c1-11(2,3)16-10(14)12(4,5)13-6-8-15-9-7-13/h6-9H2,1-5H3. The van der Waals surface area contributed by atoms with Crippen molar-refractivity contribution in [1.82, 2.24) is 4.90 Å². The first-order valence-corrected chi connectivity index (χ1v) is 5.80. The number of carbonyl (C=O) groups excluding carboxylic acids is 1. The molecule has 0 aromatic rings. The van der Waals surface area contributed by atoms with Crippen molar-refractivity contribution in [3.05, 3.63) is 0 Å². The summed E-state index contributed by atoms with van der Waals surface area (Å²) in [6, 6.07) is 0. The Morgan fingerprint density at radius 1 is 1.12 bits per heavy atom. The van der Waals surface area contributed by atoms with Crippen LogP contribution in [0.1, 0.15) is 34.6 Å². The van der Waals surface area contributed by atoms with Crippen LogP contribution in [-0.2, 0) is 14.3 Å². The van der Waals surface area contributed by atoms with Crippen LogP contribution < -0.4 is 0 Å². The normalized spacial score (nSPS) is 19.6. The van der Waals surface area contributed by atoms with Crippen LogP contribution in [0.4, 0.5) is 0 Å². The van der Waals surface area contributed by atoms with E-state index >= 15 is 0 Å². The van der Waals surface area contributed by atoms with Crippen LogP contribution in [-0.4, -0.2) is 48.3 Å². The second-order valence-electron chi connectivity index (χ2n) is 5.66. The molecule has 0 unspecified atom stereocenters. The third kappa shape index (κ3) is 3.46. The van der Waals surface area contributed by atoms with Gasteiger partial charge < -0.3 is 9.47 Å². The minimum absolute atomic E-state index is 0.165. The number of morpholine rings is 1. The molecule has 0 spiro atoms. The molecule has 16 heavy (non-hydrogen) atoms. The molecular formula is C12H23NO3. The maximum atomic E-state index is 12.1. The highest BCUT2D eigenvalue weighted by atomic mass is 16.6. The quantitative estimate of drug-likeness (QED) is 0.672. The van der Waals surface area contributed by atoms with Crippen LogP contribution in [0.25, 0.3) is 0 Å². The Kier molecular flexibility index (Phi) is 3.97. The number of nitrogens with zero attached hydrogens (tertiary/aromatic N) is 1. The van der Waals surface area contributed by atoms with Gasteiger partial charge in [0, 0.05) is 13.1 Å². The van der Waals surface area contributed by atoms with Gasteiger partial charge in [0.15, 0.2) is 0 Å². The van der Waals surface area contributed by atoms with Gasteiger partial charge in [-0.05, 0) is 34.6 Å². The highest BCUT2D eigenvalue weighted by molar-refractivity contribution is 5.80. The average molecular weight is 229 g/mol. The Morgan fingerprint density at radius 3 is 2.06 bits per heavy atom. The monoisotopic (exact) mass is 229 g/mol. The lowest BCUT2D eigenvalue weighted by molar-refractivity contribution is -0.170. The maximum absolute atomic E-state index is 12.1. The summed E-state index contributed by atoms with van der Waals surface area (Å²) in [4.78, 5) is 14.2. The molecule has 0 amide bonds. The van der Waals surface area contributed by atoms with Gasteiger partial charge in [-0.15, -0.1) is 0 Å². The molecule has 0 aliphatic carbocycles. The molecule has 0 N–H and O–H groups in total. The maximum Gasteiger partial charge on any atom is 0.326 e. The summed E-state index contributed by atoms with van der Waals surface area (Å²) >= 11 is 0. The molecule has 0 radical (unpaired) electrons. The van der Waals surface area contributed by atoms with Gasteiger partial charge in [0.25, 0.3) is 0 Å². The summed E-state index contributed by atoms with van der Waals surface area (Å²) in [7, 11) is 0. The van der Waals surface area contributed by atoms with E-state index in [0.717, 1.165) is 13.1 Å². The van der Waals surface area contributed by atoms with Crippen molar-refractivity contribution >= 4 is 5.97 Å². The molecule has 0 aromatic heterocycles. The van der Waals surface area contributed by atoms with Gasteiger partial charge in [-0.25, -0.2) is 0 Å². The van der Waals surface area contributed by atoms with E-state index in [1.54, 1.807) is 0 Å². The fraction of sp³-hybridized carbons (Fsp3) is 0.917. The lowest BCUT2D eigenvalue weighted by atomic mass is 10.0. The van der Waals surface area contributed by atoms with E-state index in [1.165, 1.54) is 0 Å². The predicted octanol–water partition coefficient (Wildman–Crippen LogP) is 1.44. The minimum Gasteiger partial charge on any atom is -0.459 e. The van der Waals surface area contributed by atoms with Crippen LogP contribution in [0, 0.1) is 0 Å². The zero-order valence-corrected chi connectivity index (χ0v) is 11.0. The van der Waals surface area contributed by atoms with Crippen LogP contribution in [0.3, 0.4) is 0 Å². The Hall–Kier alpha value is -0.610. The fourth-order valence-corrected chi connectivity index (χ4v) is 1.65. The lowest BCUT2D eigenvalue weighted by Gasteiger charge is -2.40. The average Bonchev–Trinajstić information content (AvgIpc) is 2.16. The third-order valence-electron chi connectivity index (χ3n) is 2.70. The second-order valence-corrected chi connectivity index (χ2v) is 5.66. The van der Waals surface area contributed by atoms with Crippen molar-refractivity contribution in [2.24, 2.45) is 0 Å². The van der Waals surface area contributed by atoms with E-state index < -0.39 is 11.1 Å². The number of rotatable bonds is 2. The molecule has 1 heterocycles. The number of carbonyl (C=O) groups is 1. The van der Waals surface area contributed by atoms with Gasteiger partial charge in [0.2, 0.25) is 0 Å². The Balaban J connectivity index is 2.64. The summed E-state index contributed by atoms with van der Waals surface area (Å²) < 4.78 is 10.7. The topological polar surface area (TPSA) is 38.8 Å². The highest BCUT2D eigenvalue weighted by Gasteiger charge is 2.38. The molecule has 1 rings (SSSR count). The molecule has 94 valence electrons. The van der Waals surface area contributed by atoms with Crippen molar-refractivity contribution in [3.8, 4) is 0 Å². The summed E-state index contributed by atoms with van der Waals surface area (Å²) in [5, 5.41) is 0. The third-order valence-corrected chi connectivity index (χ3v) is 2.70. The second kappa shape index (κ2) is 4.72. The number of hydrogen-bond donors (Lipinski definition) is 0. The van der Waals surface area contributed by atoms with E-state index in [1.807, 2.05) is 34.6 Å². The van der Waals surface area contributed by atoms with Crippen molar-refractivity contribution in [1.29, 1.82) is 0 Å². The Morgan fingerprint density at radius 2 is 1.62 bits per heavy atom. The molecule has 1 aliphatic heterocycles. The first kappa shape index (κ1) is 13.5. The molecular weight excluding hydrogens is 206 g/mol. The minimum atomic E-state index is -0.572. The molecule has 1 fully saturated rings. The molecule has 0 aromatic carbocycles. The van der Waals surface area contributed by atoms with Gasteiger partial charge in [-0.3, -0.25) is 9.69 Å². The van der Waals surface area contributed by atoms with Crippen molar-refractivity contribution in [2.75, 3.05) is 26.3 Å². The number of ether oxygens (including phenoxy) is 2. The SMILES string of the molecule is CC(C)(C)OC(=O)C(C)(C)N1CCOCC1. The molecule has 0 atom stereocenters. The van der Waals surface area contributed by atoms with Crippen molar-refractivity contribution in [3.63, 3.8) is 0 Å². The zero-order valence-electron chi connectivity index (χ0n) is 11.0. The summed E-state index contributed by atoms with van der Waals surface area (Å²) in [5.41, 5.74) is -1.00. The first-order valence-electron chi connectivity index (χ1n) is 5.80. The molecule has 4 nitrogen and oxygen atoms in total. The summed E-state index contributed by atoms with van der Waals surface area (Å²) in [6.45, 7) is 12.4. The molecule has 4 heteroatoms. The van der Waals surface area contributed by atoms with Gasteiger partial charge in [-0.1, -0.05) is 0 Å². The molecule has 0 bridgehead atoms.